The number of hydrogen-bond donors (Lipinski definition) is 2. The van der Waals surface area contributed by atoms with E-state index in [1.54, 1.807) is 11.8 Å². The van der Waals surface area contributed by atoms with Gasteiger partial charge in [0.05, 0.1) is 13.2 Å². The normalized spacial score (nSPS) is 22.3. The lowest BCUT2D eigenvalue weighted by molar-refractivity contribution is -0.00623. The van der Waals surface area contributed by atoms with Gasteiger partial charge in [0.15, 0.2) is 5.09 Å². The number of likely N-dealkylation sites (tertiary alicyclic amines) is 1. The van der Waals surface area contributed by atoms with Crippen LogP contribution in [0.25, 0.3) is 0 Å². The van der Waals surface area contributed by atoms with Crippen molar-refractivity contribution < 1.29 is 14.6 Å². The molecular formula is C17H21NO3S. The van der Waals surface area contributed by atoms with Crippen molar-refractivity contribution in [3.8, 4) is 0 Å². The maximum atomic E-state index is 10.0. The maximum Gasteiger partial charge on any atom is 0.165 e. The predicted molar refractivity (Wildman–Crippen MR) is 85.9 cm³/mol. The van der Waals surface area contributed by atoms with Crippen LogP contribution in [0.2, 0.25) is 0 Å². The summed E-state index contributed by atoms with van der Waals surface area (Å²) in [6.45, 7) is 3.82. The van der Waals surface area contributed by atoms with Crippen LogP contribution in [0.4, 0.5) is 0 Å². The highest BCUT2D eigenvalue weighted by Gasteiger charge is 2.35. The van der Waals surface area contributed by atoms with Gasteiger partial charge in [-0.25, -0.2) is 0 Å². The minimum atomic E-state index is -0.952. The molecule has 0 saturated carbocycles. The van der Waals surface area contributed by atoms with Gasteiger partial charge in [-0.15, -0.1) is 0 Å². The zero-order valence-corrected chi connectivity index (χ0v) is 13.5. The standard InChI is InChI=1S/C17H21NO3S/c1-13-2-5-15(6-3-13)22-16-7-4-14(21-16)10-18-9-8-17(20,11-18)12-19/h2-7,19-20H,8-12H2,1H3/t17-/m0/s1. The molecule has 3 rings (SSSR count). The Hall–Kier alpha value is -1.27. The summed E-state index contributed by atoms with van der Waals surface area (Å²) >= 11 is 1.60. The quantitative estimate of drug-likeness (QED) is 0.887. The van der Waals surface area contributed by atoms with E-state index in [2.05, 4.69) is 36.1 Å². The summed E-state index contributed by atoms with van der Waals surface area (Å²) in [5.74, 6) is 0.886. The molecule has 1 atom stereocenters. The molecule has 2 N–H and O–H groups in total. The van der Waals surface area contributed by atoms with Gasteiger partial charge in [0.1, 0.15) is 11.4 Å². The number of aliphatic hydroxyl groups is 2. The van der Waals surface area contributed by atoms with Crippen LogP contribution in [0.3, 0.4) is 0 Å². The number of nitrogens with zero attached hydrogens (tertiary/aromatic N) is 1. The third-order valence-electron chi connectivity index (χ3n) is 3.96. The number of benzene rings is 1. The third kappa shape index (κ3) is 3.73. The topological polar surface area (TPSA) is 56.8 Å². The van der Waals surface area contributed by atoms with Crippen LogP contribution in [0, 0.1) is 6.92 Å². The Morgan fingerprint density at radius 1 is 1.23 bits per heavy atom. The fourth-order valence-electron chi connectivity index (χ4n) is 2.65. The van der Waals surface area contributed by atoms with E-state index in [1.807, 2.05) is 12.1 Å². The van der Waals surface area contributed by atoms with Gasteiger partial charge in [-0.1, -0.05) is 29.5 Å². The molecule has 0 bridgehead atoms. The molecule has 2 aromatic rings. The molecule has 5 heteroatoms. The van der Waals surface area contributed by atoms with E-state index in [4.69, 9.17) is 4.42 Å². The summed E-state index contributed by atoms with van der Waals surface area (Å²) in [6, 6.07) is 12.3. The Kier molecular flexibility index (Phi) is 4.59. The second-order valence-corrected chi connectivity index (χ2v) is 7.06. The van der Waals surface area contributed by atoms with Gasteiger partial charge < -0.3 is 14.6 Å². The SMILES string of the molecule is Cc1ccc(Sc2ccc(CN3CC[C@@](O)(CO)C3)o2)cc1. The average Bonchev–Trinajstić information content (AvgIpc) is 3.10. The predicted octanol–water partition coefficient (Wildman–Crippen LogP) is 2.67. The Balaban J connectivity index is 1.59. The van der Waals surface area contributed by atoms with Crippen LogP contribution < -0.4 is 0 Å². The van der Waals surface area contributed by atoms with Gasteiger partial charge in [-0.3, -0.25) is 4.90 Å². The second kappa shape index (κ2) is 6.46. The molecule has 1 saturated heterocycles. The summed E-state index contributed by atoms with van der Waals surface area (Å²) in [6.07, 6.45) is 0.606. The Bertz CT molecular complexity index is 625. The highest BCUT2D eigenvalue weighted by molar-refractivity contribution is 7.99. The Labute approximate surface area is 134 Å². The summed E-state index contributed by atoms with van der Waals surface area (Å²) in [5, 5.41) is 20.1. The lowest BCUT2D eigenvalue weighted by Crippen LogP contribution is -2.36. The van der Waals surface area contributed by atoms with Gasteiger partial charge in [-0.05, 0) is 37.6 Å². The molecule has 118 valence electrons. The number of furan rings is 1. The van der Waals surface area contributed by atoms with Crippen molar-refractivity contribution in [2.75, 3.05) is 19.7 Å². The molecule has 0 unspecified atom stereocenters. The molecule has 1 aliphatic rings. The molecule has 0 amide bonds. The molecule has 22 heavy (non-hydrogen) atoms. The summed E-state index contributed by atoms with van der Waals surface area (Å²) in [7, 11) is 0. The van der Waals surface area contributed by atoms with Gasteiger partial charge in [0, 0.05) is 18.0 Å². The molecule has 0 aliphatic carbocycles. The first-order chi connectivity index (χ1) is 10.6. The highest BCUT2D eigenvalue weighted by Crippen LogP contribution is 2.30. The number of β-amino-alcohol motifs (C(OH)–C–C–N with tert-alkyl or cyclic N) is 1. The fraction of sp³-hybridized carbons (Fsp3) is 0.412. The van der Waals surface area contributed by atoms with E-state index >= 15 is 0 Å². The molecule has 2 heterocycles. The summed E-state index contributed by atoms with van der Waals surface area (Å²) in [4.78, 5) is 3.26. The Morgan fingerprint density at radius 3 is 2.68 bits per heavy atom. The second-order valence-electron chi connectivity index (χ2n) is 5.98. The van der Waals surface area contributed by atoms with Crippen LogP contribution in [-0.2, 0) is 6.54 Å². The van der Waals surface area contributed by atoms with Crippen LogP contribution in [0.5, 0.6) is 0 Å². The van der Waals surface area contributed by atoms with Crippen molar-refractivity contribution in [3.63, 3.8) is 0 Å². The molecular weight excluding hydrogens is 298 g/mol. The molecule has 1 aromatic heterocycles. The third-order valence-corrected chi connectivity index (χ3v) is 4.89. The smallest absolute Gasteiger partial charge is 0.165 e. The van der Waals surface area contributed by atoms with E-state index < -0.39 is 5.60 Å². The first-order valence-corrected chi connectivity index (χ1v) is 8.27. The summed E-state index contributed by atoms with van der Waals surface area (Å²) in [5.41, 5.74) is 0.293. The molecule has 4 nitrogen and oxygen atoms in total. The molecule has 1 aromatic carbocycles. The number of hydrogen-bond acceptors (Lipinski definition) is 5. The zero-order valence-electron chi connectivity index (χ0n) is 12.7. The van der Waals surface area contributed by atoms with Crippen LogP contribution in [0.15, 0.2) is 50.8 Å². The number of aliphatic hydroxyl groups excluding tert-OH is 1. The molecule has 0 spiro atoms. The van der Waals surface area contributed by atoms with Crippen molar-refractivity contribution in [2.24, 2.45) is 0 Å². The minimum Gasteiger partial charge on any atom is -0.453 e. The van der Waals surface area contributed by atoms with Crippen molar-refractivity contribution in [3.05, 3.63) is 47.7 Å². The van der Waals surface area contributed by atoms with E-state index in [0.717, 1.165) is 22.3 Å². The van der Waals surface area contributed by atoms with E-state index in [0.29, 0.717) is 19.5 Å². The van der Waals surface area contributed by atoms with Crippen LogP contribution in [0.1, 0.15) is 17.7 Å². The molecule has 1 aliphatic heterocycles. The number of aryl methyl sites for hydroxylation is 1. The molecule has 1 fully saturated rings. The first kappa shape index (κ1) is 15.6. The Morgan fingerprint density at radius 2 is 2.00 bits per heavy atom. The van der Waals surface area contributed by atoms with Crippen LogP contribution in [-0.4, -0.2) is 40.4 Å². The monoisotopic (exact) mass is 319 g/mol. The van der Waals surface area contributed by atoms with Gasteiger partial charge in [-0.2, -0.15) is 0 Å². The molecule has 0 radical (unpaired) electrons. The van der Waals surface area contributed by atoms with Gasteiger partial charge in [0.2, 0.25) is 0 Å². The highest BCUT2D eigenvalue weighted by atomic mass is 32.2. The minimum absolute atomic E-state index is 0.184. The van der Waals surface area contributed by atoms with Crippen molar-refractivity contribution in [1.82, 2.24) is 4.90 Å². The van der Waals surface area contributed by atoms with Crippen molar-refractivity contribution in [1.29, 1.82) is 0 Å². The summed E-state index contributed by atoms with van der Waals surface area (Å²) < 4.78 is 5.86. The number of rotatable bonds is 5. The lowest BCUT2D eigenvalue weighted by atomic mass is 10.1. The van der Waals surface area contributed by atoms with E-state index in [-0.39, 0.29) is 6.61 Å². The van der Waals surface area contributed by atoms with Crippen LogP contribution >= 0.6 is 11.8 Å². The van der Waals surface area contributed by atoms with Crippen molar-refractivity contribution in [2.45, 2.75) is 35.5 Å². The fourth-order valence-corrected chi connectivity index (χ4v) is 3.43. The van der Waals surface area contributed by atoms with Gasteiger partial charge >= 0.3 is 0 Å². The largest absolute Gasteiger partial charge is 0.453 e. The van der Waals surface area contributed by atoms with E-state index in [9.17, 15) is 10.2 Å². The first-order valence-electron chi connectivity index (χ1n) is 7.45. The average molecular weight is 319 g/mol. The zero-order chi connectivity index (χ0) is 15.6. The lowest BCUT2D eigenvalue weighted by Gasteiger charge is -2.20. The van der Waals surface area contributed by atoms with Gasteiger partial charge in [0.25, 0.3) is 0 Å². The van der Waals surface area contributed by atoms with Crippen molar-refractivity contribution >= 4 is 11.8 Å². The van der Waals surface area contributed by atoms with E-state index in [1.165, 1.54) is 5.56 Å². The maximum absolute atomic E-state index is 10.0.